The van der Waals surface area contributed by atoms with E-state index < -0.39 is 0 Å². The molecule has 0 saturated heterocycles. The Labute approximate surface area is 96.2 Å². The maximum atomic E-state index is 11.8. The third-order valence-corrected chi connectivity index (χ3v) is 2.81. The van der Waals surface area contributed by atoms with Crippen molar-refractivity contribution in [3.8, 4) is 6.07 Å². The van der Waals surface area contributed by atoms with Gasteiger partial charge in [0, 0.05) is 6.54 Å². The lowest BCUT2D eigenvalue weighted by molar-refractivity contribution is -0.126. The summed E-state index contributed by atoms with van der Waals surface area (Å²) in [5.41, 5.74) is 0.0202. The quantitative estimate of drug-likeness (QED) is 0.777. The fraction of sp³-hybridized carbons (Fsp3) is 0.667. The molecule has 16 heavy (non-hydrogen) atoms. The van der Waals surface area contributed by atoms with E-state index in [2.05, 4.69) is 20.8 Å². The predicted octanol–water partition coefficient (Wildman–Crippen LogP) is 1.99. The molecular formula is C12H18N2O2. The summed E-state index contributed by atoms with van der Waals surface area (Å²) in [6.45, 7) is 8.59. The Kier molecular flexibility index (Phi) is 3.27. The SMILES string of the molecule is CC1C(O)=C(C#N)C(=O)N1CCC(C)(C)C. The molecule has 0 aromatic heterocycles. The van der Waals surface area contributed by atoms with Crippen molar-refractivity contribution in [2.75, 3.05) is 6.54 Å². The number of amides is 1. The molecule has 1 atom stereocenters. The third-order valence-electron chi connectivity index (χ3n) is 2.81. The maximum Gasteiger partial charge on any atom is 0.268 e. The molecule has 1 unspecified atom stereocenters. The molecule has 88 valence electrons. The van der Waals surface area contributed by atoms with Crippen LogP contribution >= 0.6 is 0 Å². The molecule has 0 fully saturated rings. The lowest BCUT2D eigenvalue weighted by Gasteiger charge is -2.26. The van der Waals surface area contributed by atoms with Gasteiger partial charge >= 0.3 is 0 Å². The first-order valence-electron chi connectivity index (χ1n) is 5.42. The van der Waals surface area contributed by atoms with Crippen molar-refractivity contribution < 1.29 is 9.90 Å². The standard InChI is InChI=1S/C12H18N2O2/c1-8-10(15)9(7-13)11(16)14(8)6-5-12(2,3)4/h8,15H,5-6H2,1-4H3. The second-order valence-corrected chi connectivity index (χ2v) is 5.36. The third kappa shape index (κ3) is 2.35. The second-order valence-electron chi connectivity index (χ2n) is 5.36. The second kappa shape index (κ2) is 4.17. The zero-order valence-electron chi connectivity index (χ0n) is 10.2. The average Bonchev–Trinajstić information content (AvgIpc) is 2.35. The van der Waals surface area contributed by atoms with Crippen molar-refractivity contribution >= 4 is 5.91 Å². The van der Waals surface area contributed by atoms with E-state index >= 15 is 0 Å². The van der Waals surface area contributed by atoms with Crippen LogP contribution in [0.5, 0.6) is 0 Å². The van der Waals surface area contributed by atoms with Crippen molar-refractivity contribution in [3.63, 3.8) is 0 Å². The number of aliphatic hydroxyl groups excluding tert-OH is 1. The molecule has 0 aromatic carbocycles. The van der Waals surface area contributed by atoms with E-state index in [1.54, 1.807) is 17.9 Å². The zero-order chi connectivity index (χ0) is 12.5. The van der Waals surface area contributed by atoms with Gasteiger partial charge in [-0.2, -0.15) is 5.26 Å². The molecule has 1 rings (SSSR count). The van der Waals surface area contributed by atoms with Crippen LogP contribution in [0.25, 0.3) is 0 Å². The van der Waals surface area contributed by atoms with Gasteiger partial charge in [-0.15, -0.1) is 0 Å². The molecule has 1 heterocycles. The van der Waals surface area contributed by atoms with Gasteiger partial charge in [-0.1, -0.05) is 20.8 Å². The monoisotopic (exact) mass is 222 g/mol. The van der Waals surface area contributed by atoms with E-state index in [0.29, 0.717) is 6.54 Å². The highest BCUT2D eigenvalue weighted by Crippen LogP contribution is 2.26. The van der Waals surface area contributed by atoms with Gasteiger partial charge in [0.15, 0.2) is 5.57 Å². The fourth-order valence-electron chi connectivity index (χ4n) is 1.64. The average molecular weight is 222 g/mol. The highest BCUT2D eigenvalue weighted by atomic mass is 16.3. The lowest BCUT2D eigenvalue weighted by Crippen LogP contribution is -2.36. The first-order chi connectivity index (χ1) is 7.28. The smallest absolute Gasteiger partial charge is 0.268 e. The highest BCUT2D eigenvalue weighted by molar-refractivity contribution is 6.00. The molecule has 0 aromatic rings. The summed E-state index contributed by atoms with van der Waals surface area (Å²) in [6.07, 6.45) is 0.842. The molecule has 0 saturated carbocycles. The summed E-state index contributed by atoms with van der Waals surface area (Å²) in [4.78, 5) is 13.3. The molecule has 1 N–H and O–H groups in total. The topological polar surface area (TPSA) is 64.3 Å². The van der Waals surface area contributed by atoms with Crippen LogP contribution in [0, 0.1) is 16.7 Å². The molecule has 1 aliphatic heterocycles. The van der Waals surface area contributed by atoms with Crippen LogP contribution in [-0.2, 0) is 4.79 Å². The molecule has 0 bridgehead atoms. The Morgan fingerprint density at radius 2 is 2.06 bits per heavy atom. The van der Waals surface area contributed by atoms with E-state index in [1.807, 2.05) is 0 Å². The van der Waals surface area contributed by atoms with E-state index in [0.717, 1.165) is 6.42 Å². The molecule has 0 radical (unpaired) electrons. The Morgan fingerprint density at radius 3 is 2.44 bits per heavy atom. The first kappa shape index (κ1) is 12.6. The molecule has 1 aliphatic rings. The van der Waals surface area contributed by atoms with Crippen LogP contribution < -0.4 is 0 Å². The number of hydrogen-bond donors (Lipinski definition) is 1. The molecule has 1 amide bonds. The van der Waals surface area contributed by atoms with Crippen molar-refractivity contribution in [1.29, 1.82) is 5.26 Å². The van der Waals surface area contributed by atoms with E-state index in [9.17, 15) is 9.90 Å². The number of aliphatic hydroxyl groups is 1. The van der Waals surface area contributed by atoms with E-state index in [1.165, 1.54) is 0 Å². The van der Waals surface area contributed by atoms with Gasteiger partial charge in [-0.3, -0.25) is 4.79 Å². The maximum absolute atomic E-state index is 11.8. The summed E-state index contributed by atoms with van der Waals surface area (Å²) in [5.74, 6) is -0.446. The Hall–Kier alpha value is -1.50. The summed E-state index contributed by atoms with van der Waals surface area (Å²) >= 11 is 0. The van der Waals surface area contributed by atoms with Gasteiger partial charge in [0.2, 0.25) is 0 Å². The van der Waals surface area contributed by atoms with Crippen molar-refractivity contribution in [1.82, 2.24) is 4.90 Å². The van der Waals surface area contributed by atoms with Crippen molar-refractivity contribution in [3.05, 3.63) is 11.3 Å². The summed E-state index contributed by atoms with van der Waals surface area (Å²) < 4.78 is 0. The summed E-state index contributed by atoms with van der Waals surface area (Å²) in [7, 11) is 0. The fourth-order valence-corrected chi connectivity index (χ4v) is 1.64. The minimum Gasteiger partial charge on any atom is -0.509 e. The van der Waals surface area contributed by atoms with Gasteiger partial charge in [-0.05, 0) is 18.8 Å². The van der Waals surface area contributed by atoms with Crippen molar-refractivity contribution in [2.24, 2.45) is 5.41 Å². The van der Waals surface area contributed by atoms with E-state index in [4.69, 9.17) is 5.26 Å². The predicted molar refractivity (Wildman–Crippen MR) is 60.5 cm³/mol. The van der Waals surface area contributed by atoms with Crippen LogP contribution in [-0.4, -0.2) is 28.5 Å². The molecule has 4 heteroatoms. The highest BCUT2D eigenvalue weighted by Gasteiger charge is 2.36. The molecular weight excluding hydrogens is 204 g/mol. The minimum atomic E-state index is -0.371. The largest absolute Gasteiger partial charge is 0.509 e. The number of carbonyl (C=O) groups is 1. The van der Waals surface area contributed by atoms with Crippen LogP contribution in [0.4, 0.5) is 0 Å². The molecule has 0 spiro atoms. The zero-order valence-corrected chi connectivity index (χ0v) is 10.2. The van der Waals surface area contributed by atoms with Gasteiger partial charge in [0.25, 0.3) is 5.91 Å². The van der Waals surface area contributed by atoms with Crippen LogP contribution in [0.2, 0.25) is 0 Å². The molecule has 0 aliphatic carbocycles. The molecule has 4 nitrogen and oxygen atoms in total. The number of hydrogen-bond acceptors (Lipinski definition) is 3. The number of nitriles is 1. The number of rotatable bonds is 2. The Balaban J connectivity index is 2.75. The Bertz CT molecular complexity index is 371. The van der Waals surface area contributed by atoms with Gasteiger partial charge in [0.1, 0.15) is 11.8 Å². The van der Waals surface area contributed by atoms with Crippen LogP contribution in [0.3, 0.4) is 0 Å². The number of carbonyl (C=O) groups excluding carboxylic acids is 1. The summed E-state index contributed by atoms with van der Waals surface area (Å²) in [6, 6.07) is 1.39. The van der Waals surface area contributed by atoms with E-state index in [-0.39, 0.29) is 28.7 Å². The number of nitrogens with zero attached hydrogens (tertiary/aromatic N) is 2. The van der Waals surface area contributed by atoms with Crippen molar-refractivity contribution in [2.45, 2.75) is 40.2 Å². The van der Waals surface area contributed by atoms with Gasteiger partial charge < -0.3 is 10.0 Å². The normalized spacial score (nSPS) is 21.6. The first-order valence-corrected chi connectivity index (χ1v) is 5.42. The minimum absolute atomic E-state index is 0.0959. The van der Waals surface area contributed by atoms with Gasteiger partial charge in [0.05, 0.1) is 6.04 Å². The van der Waals surface area contributed by atoms with Gasteiger partial charge in [-0.25, -0.2) is 0 Å². The van der Waals surface area contributed by atoms with Crippen LogP contribution in [0.15, 0.2) is 11.3 Å². The van der Waals surface area contributed by atoms with Crippen LogP contribution in [0.1, 0.15) is 34.1 Å². The summed E-state index contributed by atoms with van der Waals surface area (Å²) in [5, 5.41) is 18.4. The lowest BCUT2D eigenvalue weighted by atomic mass is 9.92. The Morgan fingerprint density at radius 1 is 1.50 bits per heavy atom.